The highest BCUT2D eigenvalue weighted by Crippen LogP contribution is 2.30. The van der Waals surface area contributed by atoms with Gasteiger partial charge in [0, 0.05) is 11.4 Å². The van der Waals surface area contributed by atoms with Crippen LogP contribution in [0.15, 0.2) is 30.3 Å². The van der Waals surface area contributed by atoms with Crippen LogP contribution in [-0.4, -0.2) is 12.5 Å². The SMILES string of the molecule is NCCc1ccc(CNC(=O)c2cc3c(s2)CCC3)cc1. The first-order valence-electron chi connectivity index (χ1n) is 7.44. The molecule has 0 spiro atoms. The lowest BCUT2D eigenvalue weighted by molar-refractivity contribution is 0.0955. The molecule has 0 unspecified atom stereocenters. The van der Waals surface area contributed by atoms with Crippen molar-refractivity contribution in [2.45, 2.75) is 32.2 Å². The molecule has 4 heteroatoms. The number of fused-ring (bicyclic) bond motifs is 1. The summed E-state index contributed by atoms with van der Waals surface area (Å²) in [7, 11) is 0. The molecule has 0 fully saturated rings. The molecule has 0 aliphatic heterocycles. The Hall–Kier alpha value is -1.65. The van der Waals surface area contributed by atoms with E-state index in [2.05, 4.69) is 35.6 Å². The first kappa shape index (κ1) is 14.3. The predicted octanol–water partition coefficient (Wildman–Crippen LogP) is 2.67. The van der Waals surface area contributed by atoms with Crippen molar-refractivity contribution < 1.29 is 4.79 Å². The number of hydrogen-bond acceptors (Lipinski definition) is 3. The second kappa shape index (κ2) is 6.41. The molecule has 0 radical (unpaired) electrons. The van der Waals surface area contributed by atoms with Crippen molar-refractivity contribution in [1.29, 1.82) is 0 Å². The fourth-order valence-electron chi connectivity index (χ4n) is 2.70. The average Bonchev–Trinajstić information content (AvgIpc) is 3.08. The number of benzene rings is 1. The topological polar surface area (TPSA) is 55.1 Å². The molecule has 1 aliphatic rings. The lowest BCUT2D eigenvalue weighted by Gasteiger charge is -2.05. The van der Waals surface area contributed by atoms with Crippen molar-refractivity contribution in [3.63, 3.8) is 0 Å². The van der Waals surface area contributed by atoms with Gasteiger partial charge in [0.2, 0.25) is 0 Å². The first-order chi connectivity index (χ1) is 10.3. The summed E-state index contributed by atoms with van der Waals surface area (Å²) in [5, 5.41) is 3.00. The van der Waals surface area contributed by atoms with Gasteiger partial charge in [0.25, 0.3) is 5.91 Å². The highest BCUT2D eigenvalue weighted by Gasteiger charge is 2.18. The van der Waals surface area contributed by atoms with Crippen LogP contribution >= 0.6 is 11.3 Å². The maximum Gasteiger partial charge on any atom is 0.261 e. The van der Waals surface area contributed by atoms with Crippen LogP contribution in [-0.2, 0) is 25.8 Å². The second-order valence-corrected chi connectivity index (χ2v) is 6.59. The number of thiophene rings is 1. The molecule has 0 atom stereocenters. The third-order valence-corrected chi connectivity index (χ3v) is 5.12. The zero-order chi connectivity index (χ0) is 14.7. The molecular formula is C17H20N2OS. The molecule has 1 aliphatic carbocycles. The monoisotopic (exact) mass is 300 g/mol. The normalized spacial score (nSPS) is 13.2. The Kier molecular flexibility index (Phi) is 4.36. The number of nitrogens with one attached hydrogen (secondary N) is 1. The van der Waals surface area contributed by atoms with Crippen molar-refractivity contribution in [2.75, 3.05) is 6.54 Å². The van der Waals surface area contributed by atoms with E-state index in [1.807, 2.05) is 0 Å². The molecule has 0 saturated carbocycles. The Morgan fingerprint density at radius 1 is 1.19 bits per heavy atom. The van der Waals surface area contributed by atoms with E-state index in [4.69, 9.17) is 5.73 Å². The molecule has 3 N–H and O–H groups in total. The van der Waals surface area contributed by atoms with E-state index in [1.54, 1.807) is 11.3 Å². The van der Waals surface area contributed by atoms with Crippen molar-refractivity contribution in [3.8, 4) is 0 Å². The molecule has 1 heterocycles. The number of carbonyl (C=O) groups is 1. The number of amides is 1. The van der Waals surface area contributed by atoms with Gasteiger partial charge >= 0.3 is 0 Å². The van der Waals surface area contributed by atoms with Crippen molar-refractivity contribution in [3.05, 3.63) is 56.8 Å². The van der Waals surface area contributed by atoms with Gasteiger partial charge in [-0.15, -0.1) is 11.3 Å². The lowest BCUT2D eigenvalue weighted by atomic mass is 10.1. The van der Waals surface area contributed by atoms with E-state index in [-0.39, 0.29) is 5.91 Å². The summed E-state index contributed by atoms with van der Waals surface area (Å²) in [6.07, 6.45) is 4.39. The zero-order valence-corrected chi connectivity index (χ0v) is 12.8. The van der Waals surface area contributed by atoms with Crippen molar-refractivity contribution >= 4 is 17.2 Å². The molecule has 1 amide bonds. The standard InChI is InChI=1S/C17H20N2OS/c18-9-8-12-4-6-13(7-5-12)11-19-17(20)16-10-14-2-1-3-15(14)21-16/h4-7,10H,1-3,8-9,11,18H2,(H,19,20). The van der Waals surface area contributed by atoms with Crippen LogP contribution in [0.3, 0.4) is 0 Å². The minimum Gasteiger partial charge on any atom is -0.347 e. The van der Waals surface area contributed by atoms with Crippen LogP contribution in [0.5, 0.6) is 0 Å². The van der Waals surface area contributed by atoms with Crippen LogP contribution in [0.25, 0.3) is 0 Å². The van der Waals surface area contributed by atoms with Crippen molar-refractivity contribution in [1.82, 2.24) is 5.32 Å². The molecular weight excluding hydrogens is 280 g/mol. The smallest absolute Gasteiger partial charge is 0.261 e. The number of nitrogens with two attached hydrogens (primary N) is 1. The Morgan fingerprint density at radius 2 is 1.95 bits per heavy atom. The van der Waals surface area contributed by atoms with Gasteiger partial charge in [0.05, 0.1) is 4.88 Å². The molecule has 1 aromatic heterocycles. The Labute approximate surface area is 129 Å². The summed E-state index contributed by atoms with van der Waals surface area (Å²) in [5.41, 5.74) is 9.26. The first-order valence-corrected chi connectivity index (χ1v) is 8.25. The quantitative estimate of drug-likeness (QED) is 0.892. The summed E-state index contributed by atoms with van der Waals surface area (Å²) in [6, 6.07) is 10.3. The van der Waals surface area contributed by atoms with E-state index < -0.39 is 0 Å². The third kappa shape index (κ3) is 3.34. The van der Waals surface area contributed by atoms with Crippen molar-refractivity contribution in [2.24, 2.45) is 5.73 Å². The maximum atomic E-state index is 12.2. The average molecular weight is 300 g/mol. The molecule has 0 saturated heterocycles. The predicted molar refractivity (Wildman–Crippen MR) is 86.7 cm³/mol. The number of hydrogen-bond donors (Lipinski definition) is 2. The molecule has 2 aromatic rings. The minimum absolute atomic E-state index is 0.0421. The van der Waals surface area contributed by atoms with Gasteiger partial charge in [-0.25, -0.2) is 0 Å². The van der Waals surface area contributed by atoms with Crippen LogP contribution in [0, 0.1) is 0 Å². The van der Waals surface area contributed by atoms with Crippen LogP contribution in [0.2, 0.25) is 0 Å². The molecule has 0 bridgehead atoms. The molecule has 21 heavy (non-hydrogen) atoms. The summed E-state index contributed by atoms with van der Waals surface area (Å²) in [5.74, 6) is 0.0421. The highest BCUT2D eigenvalue weighted by molar-refractivity contribution is 7.14. The van der Waals surface area contributed by atoms with Gasteiger partial charge < -0.3 is 11.1 Å². The van der Waals surface area contributed by atoms with Crippen LogP contribution < -0.4 is 11.1 Å². The Bertz CT molecular complexity index is 609. The number of carbonyl (C=O) groups excluding carboxylic acids is 1. The minimum atomic E-state index is 0.0421. The molecule has 1 aromatic carbocycles. The van der Waals surface area contributed by atoms with Gasteiger partial charge in [-0.3, -0.25) is 4.79 Å². The molecule has 110 valence electrons. The highest BCUT2D eigenvalue weighted by atomic mass is 32.1. The summed E-state index contributed by atoms with van der Waals surface area (Å²) >= 11 is 1.65. The van der Waals surface area contributed by atoms with Gasteiger partial charge in [-0.05, 0) is 55.0 Å². The summed E-state index contributed by atoms with van der Waals surface area (Å²) in [4.78, 5) is 14.4. The zero-order valence-electron chi connectivity index (χ0n) is 12.0. The van der Waals surface area contributed by atoms with Crippen LogP contribution in [0.1, 0.15) is 37.7 Å². The van der Waals surface area contributed by atoms with E-state index >= 15 is 0 Å². The summed E-state index contributed by atoms with van der Waals surface area (Å²) in [6.45, 7) is 1.24. The fraction of sp³-hybridized carbons (Fsp3) is 0.353. The van der Waals surface area contributed by atoms with Gasteiger partial charge in [0.15, 0.2) is 0 Å². The van der Waals surface area contributed by atoms with Crippen LogP contribution in [0.4, 0.5) is 0 Å². The van der Waals surface area contributed by atoms with Gasteiger partial charge in [0.1, 0.15) is 0 Å². The number of aryl methyl sites for hydroxylation is 2. The van der Waals surface area contributed by atoms with E-state index in [1.165, 1.54) is 22.4 Å². The second-order valence-electron chi connectivity index (χ2n) is 5.45. The molecule has 3 rings (SSSR count). The third-order valence-electron chi connectivity index (χ3n) is 3.88. The molecule has 3 nitrogen and oxygen atoms in total. The lowest BCUT2D eigenvalue weighted by Crippen LogP contribution is -2.21. The number of rotatable bonds is 5. The maximum absolute atomic E-state index is 12.2. The fourth-order valence-corrected chi connectivity index (χ4v) is 3.87. The van der Waals surface area contributed by atoms with E-state index in [0.717, 1.165) is 29.7 Å². The van der Waals surface area contributed by atoms with Gasteiger partial charge in [-0.2, -0.15) is 0 Å². The van der Waals surface area contributed by atoms with E-state index in [9.17, 15) is 4.79 Å². The Morgan fingerprint density at radius 3 is 2.67 bits per heavy atom. The van der Waals surface area contributed by atoms with Gasteiger partial charge in [-0.1, -0.05) is 24.3 Å². The van der Waals surface area contributed by atoms with E-state index in [0.29, 0.717) is 13.1 Å². The largest absolute Gasteiger partial charge is 0.347 e. The Balaban J connectivity index is 1.57. The summed E-state index contributed by atoms with van der Waals surface area (Å²) < 4.78 is 0.